The number of urea groups is 1. The van der Waals surface area contributed by atoms with Crippen LogP contribution < -0.4 is 10.6 Å². The second-order valence-corrected chi connectivity index (χ2v) is 5.79. The Morgan fingerprint density at radius 2 is 1.89 bits per heavy atom. The first-order valence-corrected chi connectivity index (χ1v) is 6.61. The highest BCUT2D eigenvalue weighted by Gasteiger charge is 2.33. The smallest absolute Gasteiger partial charge is 0.315 e. The number of carbonyl (C=O) groups is 2. The molecule has 0 aromatic heterocycles. The summed E-state index contributed by atoms with van der Waals surface area (Å²) in [5, 5.41) is 14.7. The molecule has 0 spiro atoms. The van der Waals surface area contributed by atoms with E-state index in [1.54, 1.807) is 6.92 Å². The Hall–Kier alpha value is -1.26. The standard InChI is InChI=1S/C13H24N2O3/c1-4-12(2,10(16)17)9-14-11(18)15-13(3)7-5-6-8-13/h4-9H2,1-3H3,(H,16,17)(H2,14,15,18). The quantitative estimate of drug-likeness (QED) is 0.705. The van der Waals surface area contributed by atoms with Crippen LogP contribution >= 0.6 is 0 Å². The van der Waals surface area contributed by atoms with Crippen molar-refractivity contribution >= 4 is 12.0 Å². The Balaban J connectivity index is 2.43. The van der Waals surface area contributed by atoms with Crippen molar-refractivity contribution in [1.82, 2.24) is 10.6 Å². The van der Waals surface area contributed by atoms with Crippen LogP contribution in [0.3, 0.4) is 0 Å². The van der Waals surface area contributed by atoms with E-state index >= 15 is 0 Å². The van der Waals surface area contributed by atoms with Gasteiger partial charge in [0.2, 0.25) is 0 Å². The molecule has 104 valence electrons. The third-order valence-corrected chi connectivity index (χ3v) is 4.06. The lowest BCUT2D eigenvalue weighted by Crippen LogP contribution is -2.51. The lowest BCUT2D eigenvalue weighted by Gasteiger charge is -2.28. The molecular formula is C13H24N2O3. The molecular weight excluding hydrogens is 232 g/mol. The first-order chi connectivity index (χ1) is 8.31. The van der Waals surface area contributed by atoms with Gasteiger partial charge in [0.05, 0.1) is 5.41 Å². The third kappa shape index (κ3) is 3.62. The van der Waals surface area contributed by atoms with Crippen LogP contribution in [0.25, 0.3) is 0 Å². The van der Waals surface area contributed by atoms with Crippen molar-refractivity contribution in [2.24, 2.45) is 5.41 Å². The molecule has 1 fully saturated rings. The highest BCUT2D eigenvalue weighted by atomic mass is 16.4. The molecule has 18 heavy (non-hydrogen) atoms. The lowest BCUT2D eigenvalue weighted by atomic mass is 9.88. The summed E-state index contributed by atoms with van der Waals surface area (Å²) < 4.78 is 0. The van der Waals surface area contributed by atoms with Crippen LogP contribution in [-0.4, -0.2) is 29.2 Å². The van der Waals surface area contributed by atoms with E-state index < -0.39 is 11.4 Å². The second-order valence-electron chi connectivity index (χ2n) is 5.79. The minimum absolute atomic E-state index is 0.129. The number of hydrogen-bond acceptors (Lipinski definition) is 2. The van der Waals surface area contributed by atoms with E-state index in [9.17, 15) is 9.59 Å². The van der Waals surface area contributed by atoms with Crippen molar-refractivity contribution in [2.75, 3.05) is 6.54 Å². The van der Waals surface area contributed by atoms with Gasteiger partial charge in [-0.2, -0.15) is 0 Å². The van der Waals surface area contributed by atoms with Crippen molar-refractivity contribution in [2.45, 2.75) is 58.4 Å². The molecule has 0 aromatic rings. The second kappa shape index (κ2) is 5.59. The number of nitrogens with one attached hydrogen (secondary N) is 2. The average molecular weight is 256 g/mol. The molecule has 1 saturated carbocycles. The maximum absolute atomic E-state index is 11.8. The fourth-order valence-electron chi connectivity index (χ4n) is 2.23. The molecule has 5 heteroatoms. The van der Waals surface area contributed by atoms with Gasteiger partial charge in [0.25, 0.3) is 0 Å². The molecule has 1 aliphatic rings. The van der Waals surface area contributed by atoms with Crippen LogP contribution in [0.4, 0.5) is 4.79 Å². The Morgan fingerprint density at radius 3 is 2.33 bits per heavy atom. The maximum Gasteiger partial charge on any atom is 0.315 e. The van der Waals surface area contributed by atoms with Crippen LogP contribution in [0, 0.1) is 5.41 Å². The molecule has 0 heterocycles. The molecule has 1 aliphatic carbocycles. The summed E-state index contributed by atoms with van der Waals surface area (Å²) in [6.07, 6.45) is 4.74. The Labute approximate surface area is 108 Å². The summed E-state index contributed by atoms with van der Waals surface area (Å²) in [6.45, 7) is 5.65. The Bertz CT molecular complexity index is 324. The number of rotatable bonds is 5. The molecule has 0 aromatic carbocycles. The zero-order chi connectivity index (χ0) is 13.8. The minimum Gasteiger partial charge on any atom is -0.481 e. The fraction of sp³-hybridized carbons (Fsp3) is 0.846. The number of aliphatic carboxylic acids is 1. The van der Waals surface area contributed by atoms with Gasteiger partial charge in [0.15, 0.2) is 0 Å². The van der Waals surface area contributed by atoms with E-state index in [4.69, 9.17) is 5.11 Å². The molecule has 0 bridgehead atoms. The molecule has 1 atom stereocenters. The predicted molar refractivity (Wildman–Crippen MR) is 69.4 cm³/mol. The van der Waals surface area contributed by atoms with E-state index in [0.29, 0.717) is 6.42 Å². The van der Waals surface area contributed by atoms with Crippen molar-refractivity contribution in [3.63, 3.8) is 0 Å². The van der Waals surface area contributed by atoms with Gasteiger partial charge in [-0.3, -0.25) is 4.79 Å². The van der Waals surface area contributed by atoms with Gasteiger partial charge >= 0.3 is 12.0 Å². The van der Waals surface area contributed by atoms with E-state index in [1.807, 2.05) is 13.8 Å². The maximum atomic E-state index is 11.8. The largest absolute Gasteiger partial charge is 0.481 e. The van der Waals surface area contributed by atoms with E-state index in [-0.39, 0.29) is 18.1 Å². The number of amides is 2. The number of carboxylic acid groups (broad SMARTS) is 1. The molecule has 0 saturated heterocycles. The first kappa shape index (κ1) is 14.8. The van der Waals surface area contributed by atoms with Crippen LogP contribution in [-0.2, 0) is 4.79 Å². The summed E-state index contributed by atoms with van der Waals surface area (Å²) in [5.74, 6) is -0.877. The summed E-state index contributed by atoms with van der Waals surface area (Å²) in [4.78, 5) is 22.9. The fourth-order valence-corrected chi connectivity index (χ4v) is 2.23. The van der Waals surface area contributed by atoms with Gasteiger partial charge in [0, 0.05) is 12.1 Å². The van der Waals surface area contributed by atoms with Crippen LogP contribution in [0.15, 0.2) is 0 Å². The van der Waals surface area contributed by atoms with Gasteiger partial charge in [-0.15, -0.1) is 0 Å². The summed E-state index contributed by atoms with van der Waals surface area (Å²) in [5.41, 5.74) is -1.02. The van der Waals surface area contributed by atoms with Crippen molar-refractivity contribution in [3.8, 4) is 0 Å². The van der Waals surface area contributed by atoms with Crippen LogP contribution in [0.5, 0.6) is 0 Å². The molecule has 0 radical (unpaired) electrons. The highest BCUT2D eigenvalue weighted by Crippen LogP contribution is 2.28. The number of carbonyl (C=O) groups excluding carboxylic acids is 1. The first-order valence-electron chi connectivity index (χ1n) is 6.61. The van der Waals surface area contributed by atoms with Gasteiger partial charge in [-0.25, -0.2) is 4.79 Å². The molecule has 3 N–H and O–H groups in total. The normalized spacial score (nSPS) is 21.1. The Kier molecular flexibility index (Phi) is 4.59. The predicted octanol–water partition coefficient (Wildman–Crippen LogP) is 2.12. The van der Waals surface area contributed by atoms with Gasteiger partial charge in [0.1, 0.15) is 0 Å². The molecule has 1 rings (SSSR count). The van der Waals surface area contributed by atoms with Gasteiger partial charge in [-0.05, 0) is 33.1 Å². The highest BCUT2D eigenvalue weighted by molar-refractivity contribution is 5.78. The summed E-state index contributed by atoms with van der Waals surface area (Å²) >= 11 is 0. The van der Waals surface area contributed by atoms with Gasteiger partial charge in [-0.1, -0.05) is 19.8 Å². The summed E-state index contributed by atoms with van der Waals surface area (Å²) in [6, 6.07) is -0.264. The van der Waals surface area contributed by atoms with Crippen molar-refractivity contribution in [3.05, 3.63) is 0 Å². The average Bonchev–Trinajstić information content (AvgIpc) is 2.72. The number of carboxylic acids is 1. The van der Waals surface area contributed by atoms with E-state index in [0.717, 1.165) is 25.7 Å². The molecule has 1 unspecified atom stereocenters. The zero-order valence-electron chi connectivity index (χ0n) is 11.5. The Morgan fingerprint density at radius 1 is 1.33 bits per heavy atom. The number of hydrogen-bond donors (Lipinski definition) is 3. The summed E-state index contributed by atoms with van der Waals surface area (Å²) in [7, 11) is 0. The third-order valence-electron chi connectivity index (χ3n) is 4.06. The lowest BCUT2D eigenvalue weighted by molar-refractivity contribution is -0.147. The SMILES string of the molecule is CCC(C)(CNC(=O)NC1(C)CCCC1)C(=O)O. The topological polar surface area (TPSA) is 78.4 Å². The molecule has 0 aliphatic heterocycles. The van der Waals surface area contributed by atoms with Gasteiger partial charge < -0.3 is 15.7 Å². The molecule has 5 nitrogen and oxygen atoms in total. The monoisotopic (exact) mass is 256 g/mol. The molecule has 2 amide bonds. The zero-order valence-corrected chi connectivity index (χ0v) is 11.5. The van der Waals surface area contributed by atoms with Crippen LogP contribution in [0.2, 0.25) is 0 Å². The van der Waals surface area contributed by atoms with Crippen molar-refractivity contribution < 1.29 is 14.7 Å². The van der Waals surface area contributed by atoms with Crippen molar-refractivity contribution in [1.29, 1.82) is 0 Å². The minimum atomic E-state index is -0.895. The van der Waals surface area contributed by atoms with E-state index in [2.05, 4.69) is 10.6 Å². The van der Waals surface area contributed by atoms with E-state index in [1.165, 1.54) is 0 Å². The van der Waals surface area contributed by atoms with Crippen LogP contribution in [0.1, 0.15) is 52.9 Å².